The quantitative estimate of drug-likeness (QED) is 0.706. The smallest absolute Gasteiger partial charge is 0.241 e. The number of pyridine rings is 1. The fraction of sp³-hybridized carbons (Fsp3) is 0.455. The van der Waals surface area contributed by atoms with Crippen LogP contribution < -0.4 is 10.6 Å². The van der Waals surface area contributed by atoms with Gasteiger partial charge in [-0.25, -0.2) is 0 Å². The van der Waals surface area contributed by atoms with Crippen LogP contribution in [0.2, 0.25) is 0 Å². The predicted molar refractivity (Wildman–Crippen MR) is 57.2 cm³/mol. The Bertz CT molecular complexity index is 361. The van der Waals surface area contributed by atoms with Gasteiger partial charge in [0.15, 0.2) is 0 Å². The summed E-state index contributed by atoms with van der Waals surface area (Å²) in [5.41, 5.74) is 0.830. The van der Waals surface area contributed by atoms with Gasteiger partial charge < -0.3 is 5.32 Å². The van der Waals surface area contributed by atoms with E-state index in [1.807, 2.05) is 12.1 Å². The summed E-state index contributed by atoms with van der Waals surface area (Å²) in [5.74, 6) is 0.0160. The summed E-state index contributed by atoms with van der Waals surface area (Å²) in [7, 11) is 0. The number of nitrogens with one attached hydrogen (secondary N) is 2. The molecular formula is C11H15N3O. The first-order chi connectivity index (χ1) is 7.08. The second-order valence-corrected chi connectivity index (χ2v) is 4.47. The molecule has 1 aliphatic rings. The van der Waals surface area contributed by atoms with E-state index in [0.29, 0.717) is 6.54 Å². The average molecular weight is 205 g/mol. The monoisotopic (exact) mass is 205 g/mol. The number of hydrogen-bond donors (Lipinski definition) is 2. The number of rotatable bonds is 1. The predicted octanol–water partition coefficient (Wildman–Crippen LogP) is 0.621. The van der Waals surface area contributed by atoms with Gasteiger partial charge in [-0.05, 0) is 25.5 Å². The van der Waals surface area contributed by atoms with Crippen LogP contribution in [0, 0.1) is 0 Å². The molecule has 4 heteroatoms. The molecule has 2 heterocycles. The normalized spacial score (nSPS) is 24.7. The summed E-state index contributed by atoms with van der Waals surface area (Å²) < 4.78 is 0. The molecule has 4 nitrogen and oxygen atoms in total. The average Bonchev–Trinajstić information content (AvgIpc) is 2.23. The Kier molecular flexibility index (Phi) is 2.44. The summed E-state index contributed by atoms with van der Waals surface area (Å²) in [6.45, 7) is 4.79. The molecule has 1 unspecified atom stereocenters. The van der Waals surface area contributed by atoms with Crippen LogP contribution in [0.25, 0.3) is 0 Å². The Morgan fingerprint density at radius 1 is 1.53 bits per heavy atom. The molecule has 15 heavy (non-hydrogen) atoms. The molecule has 1 amide bonds. The molecule has 0 aromatic carbocycles. The minimum absolute atomic E-state index is 0.0160. The van der Waals surface area contributed by atoms with Crippen molar-refractivity contribution in [3.05, 3.63) is 30.1 Å². The van der Waals surface area contributed by atoms with Gasteiger partial charge in [0, 0.05) is 24.5 Å². The van der Waals surface area contributed by atoms with Crippen LogP contribution in [0.1, 0.15) is 25.5 Å². The van der Waals surface area contributed by atoms with E-state index in [1.54, 1.807) is 12.4 Å². The molecule has 0 spiro atoms. The number of piperazine rings is 1. The molecule has 1 aromatic rings. The zero-order valence-electron chi connectivity index (χ0n) is 8.95. The fourth-order valence-corrected chi connectivity index (χ4v) is 1.70. The van der Waals surface area contributed by atoms with Crippen LogP contribution in [0.15, 0.2) is 24.5 Å². The molecule has 1 atom stereocenters. The van der Waals surface area contributed by atoms with Crippen molar-refractivity contribution in [2.24, 2.45) is 0 Å². The number of hydrogen-bond acceptors (Lipinski definition) is 3. The summed E-state index contributed by atoms with van der Waals surface area (Å²) in [6, 6.07) is 3.46. The van der Waals surface area contributed by atoms with Crippen molar-refractivity contribution in [3.63, 3.8) is 0 Å². The Balaban J connectivity index is 2.24. The van der Waals surface area contributed by atoms with Crippen LogP contribution in [-0.4, -0.2) is 23.0 Å². The van der Waals surface area contributed by atoms with Crippen molar-refractivity contribution < 1.29 is 4.79 Å². The van der Waals surface area contributed by atoms with E-state index in [2.05, 4.69) is 29.5 Å². The molecule has 2 rings (SSSR count). The molecule has 0 radical (unpaired) electrons. The summed E-state index contributed by atoms with van der Waals surface area (Å²) in [5, 5.41) is 6.20. The third-order valence-corrected chi connectivity index (χ3v) is 2.52. The van der Waals surface area contributed by atoms with E-state index >= 15 is 0 Å². The SMILES string of the molecule is CC1(C)CNC(=O)C(c2cccnc2)N1. The lowest BCUT2D eigenvalue weighted by Crippen LogP contribution is -2.59. The third kappa shape index (κ3) is 2.15. The van der Waals surface area contributed by atoms with Gasteiger partial charge in [-0.1, -0.05) is 6.07 Å². The van der Waals surface area contributed by atoms with Crippen molar-refractivity contribution >= 4 is 5.91 Å². The maximum Gasteiger partial charge on any atom is 0.241 e. The highest BCUT2D eigenvalue weighted by molar-refractivity contribution is 5.84. The van der Waals surface area contributed by atoms with Crippen LogP contribution in [0.5, 0.6) is 0 Å². The standard InChI is InChI=1S/C11H15N3O/c1-11(2)7-13-10(15)9(14-11)8-4-3-5-12-6-8/h3-6,9,14H,7H2,1-2H3,(H,13,15). The zero-order chi connectivity index (χ0) is 10.9. The molecule has 1 aliphatic heterocycles. The first-order valence-electron chi connectivity index (χ1n) is 5.04. The van der Waals surface area contributed by atoms with E-state index < -0.39 is 0 Å². The molecule has 0 saturated carbocycles. The highest BCUT2D eigenvalue weighted by atomic mass is 16.2. The van der Waals surface area contributed by atoms with Crippen molar-refractivity contribution in [2.45, 2.75) is 25.4 Å². The molecule has 1 fully saturated rings. The summed E-state index contributed by atoms with van der Waals surface area (Å²) >= 11 is 0. The number of amides is 1. The lowest BCUT2D eigenvalue weighted by atomic mass is 9.96. The first kappa shape index (κ1) is 10.1. The van der Waals surface area contributed by atoms with E-state index in [0.717, 1.165) is 5.56 Å². The van der Waals surface area contributed by atoms with Crippen LogP contribution >= 0.6 is 0 Å². The Hall–Kier alpha value is -1.42. The largest absolute Gasteiger partial charge is 0.353 e. The maximum atomic E-state index is 11.7. The van der Waals surface area contributed by atoms with Crippen LogP contribution in [-0.2, 0) is 4.79 Å². The summed E-state index contributed by atoms with van der Waals surface area (Å²) in [6.07, 6.45) is 3.42. The number of aromatic nitrogens is 1. The lowest BCUT2D eigenvalue weighted by Gasteiger charge is -2.36. The molecule has 0 bridgehead atoms. The van der Waals surface area contributed by atoms with E-state index in [9.17, 15) is 4.79 Å². The van der Waals surface area contributed by atoms with Gasteiger partial charge in [-0.15, -0.1) is 0 Å². The second kappa shape index (κ2) is 3.62. The van der Waals surface area contributed by atoms with Crippen molar-refractivity contribution in [1.82, 2.24) is 15.6 Å². The van der Waals surface area contributed by atoms with Gasteiger partial charge in [0.2, 0.25) is 5.91 Å². The fourth-order valence-electron chi connectivity index (χ4n) is 1.70. The van der Waals surface area contributed by atoms with Crippen LogP contribution in [0.3, 0.4) is 0 Å². The van der Waals surface area contributed by atoms with Gasteiger partial charge in [0.25, 0.3) is 0 Å². The van der Waals surface area contributed by atoms with Gasteiger partial charge >= 0.3 is 0 Å². The van der Waals surface area contributed by atoms with E-state index in [4.69, 9.17) is 0 Å². The first-order valence-corrected chi connectivity index (χ1v) is 5.04. The molecule has 0 aliphatic carbocycles. The van der Waals surface area contributed by atoms with E-state index in [1.165, 1.54) is 0 Å². The number of nitrogens with zero attached hydrogens (tertiary/aromatic N) is 1. The van der Waals surface area contributed by atoms with Gasteiger partial charge in [0.1, 0.15) is 6.04 Å². The molecule has 1 aromatic heterocycles. The second-order valence-electron chi connectivity index (χ2n) is 4.47. The topological polar surface area (TPSA) is 54.0 Å². The summed E-state index contributed by atoms with van der Waals surface area (Å²) in [4.78, 5) is 15.7. The van der Waals surface area contributed by atoms with Crippen molar-refractivity contribution in [3.8, 4) is 0 Å². The molecular weight excluding hydrogens is 190 g/mol. The molecule has 80 valence electrons. The Morgan fingerprint density at radius 3 is 3.00 bits per heavy atom. The minimum Gasteiger partial charge on any atom is -0.353 e. The van der Waals surface area contributed by atoms with Crippen molar-refractivity contribution in [2.75, 3.05) is 6.54 Å². The van der Waals surface area contributed by atoms with Gasteiger partial charge in [-0.2, -0.15) is 0 Å². The Labute approximate surface area is 89.1 Å². The van der Waals surface area contributed by atoms with Gasteiger partial charge in [-0.3, -0.25) is 15.1 Å². The minimum atomic E-state index is -0.289. The lowest BCUT2D eigenvalue weighted by molar-refractivity contribution is -0.126. The maximum absolute atomic E-state index is 11.7. The zero-order valence-corrected chi connectivity index (χ0v) is 8.95. The van der Waals surface area contributed by atoms with Crippen LogP contribution in [0.4, 0.5) is 0 Å². The Morgan fingerprint density at radius 2 is 2.33 bits per heavy atom. The van der Waals surface area contributed by atoms with E-state index in [-0.39, 0.29) is 17.5 Å². The van der Waals surface area contributed by atoms with Gasteiger partial charge in [0.05, 0.1) is 0 Å². The highest BCUT2D eigenvalue weighted by Gasteiger charge is 2.33. The number of carbonyl (C=O) groups excluding carboxylic acids is 1. The van der Waals surface area contributed by atoms with Crippen molar-refractivity contribution in [1.29, 1.82) is 0 Å². The molecule has 1 saturated heterocycles. The third-order valence-electron chi connectivity index (χ3n) is 2.52. The molecule has 2 N–H and O–H groups in total. The number of carbonyl (C=O) groups is 1. The highest BCUT2D eigenvalue weighted by Crippen LogP contribution is 2.19.